The van der Waals surface area contributed by atoms with Gasteiger partial charge in [0.1, 0.15) is 23.4 Å². The minimum absolute atomic E-state index is 0.135. The van der Waals surface area contributed by atoms with Crippen LogP contribution in [-0.2, 0) is 16.2 Å². The van der Waals surface area contributed by atoms with E-state index in [1.165, 1.54) is 0 Å². The summed E-state index contributed by atoms with van der Waals surface area (Å²) in [5.41, 5.74) is 0. The van der Waals surface area contributed by atoms with Crippen molar-refractivity contribution in [2.24, 2.45) is 0 Å². The second-order valence-corrected chi connectivity index (χ2v) is 7.55. The molecular weight excluding hydrogens is 378 g/mol. The lowest BCUT2D eigenvalue weighted by atomic mass is 10.2. The number of amides is 1. The minimum Gasteiger partial charge on any atom is -0.462 e. The number of H-pyrrole nitrogens is 1. The monoisotopic (exact) mass is 403 g/mol. The molecule has 2 fully saturated rings. The predicted molar refractivity (Wildman–Crippen MR) is 107 cm³/mol. The lowest BCUT2D eigenvalue weighted by molar-refractivity contribution is -0.142. The highest BCUT2D eigenvalue weighted by atomic mass is 32.1. The summed E-state index contributed by atoms with van der Waals surface area (Å²) in [6.07, 6.45) is 5.30. The molecule has 1 N–H and O–H groups in total. The fraction of sp³-hybridized carbons (Fsp3) is 0.526. The van der Waals surface area contributed by atoms with Gasteiger partial charge in [0, 0.05) is 32.8 Å². The number of hydrogen-bond donors (Lipinski definition) is 1. The van der Waals surface area contributed by atoms with Crippen molar-refractivity contribution in [2.45, 2.75) is 32.5 Å². The quantitative estimate of drug-likeness (QED) is 0.772. The molecule has 1 atom stereocenters. The van der Waals surface area contributed by atoms with Gasteiger partial charge >= 0.3 is 0 Å². The number of piperazine rings is 1. The lowest BCUT2D eigenvalue weighted by Gasteiger charge is -2.35. The van der Waals surface area contributed by atoms with Crippen LogP contribution in [0.5, 0.6) is 0 Å². The van der Waals surface area contributed by atoms with Crippen LogP contribution in [0.15, 0.2) is 16.5 Å². The molecular formula is C19H25N5O3S. The number of nitrogens with zero attached hydrogens (tertiary/aromatic N) is 4. The van der Waals surface area contributed by atoms with Crippen molar-refractivity contribution in [1.29, 1.82) is 0 Å². The second-order valence-electron chi connectivity index (χ2n) is 7.19. The Morgan fingerprint density at radius 1 is 1.32 bits per heavy atom. The van der Waals surface area contributed by atoms with Crippen molar-refractivity contribution in [2.75, 3.05) is 32.8 Å². The van der Waals surface area contributed by atoms with Crippen molar-refractivity contribution < 1.29 is 13.9 Å². The van der Waals surface area contributed by atoms with Crippen LogP contribution in [0.1, 0.15) is 30.2 Å². The van der Waals surface area contributed by atoms with Crippen molar-refractivity contribution in [3.8, 4) is 0 Å². The van der Waals surface area contributed by atoms with E-state index in [0.29, 0.717) is 37.0 Å². The SMILES string of the molecule is Cc1ccc(C=Cc2nc(=S)n(CN3CCN(C(=O)C4CCCO4)CC3)[nH]2)o1. The zero-order valence-electron chi connectivity index (χ0n) is 16.0. The Labute approximate surface area is 168 Å². The average Bonchev–Trinajstić information content (AvgIpc) is 3.43. The minimum atomic E-state index is -0.236. The Bertz CT molecular complexity index is 901. The first kappa shape index (κ1) is 19.1. The Morgan fingerprint density at radius 2 is 2.14 bits per heavy atom. The molecule has 0 bridgehead atoms. The summed E-state index contributed by atoms with van der Waals surface area (Å²) in [6.45, 7) is 6.27. The standard InChI is InChI=1S/C19H25N5O3S/c1-14-4-5-15(27-14)6-7-17-20-19(28)24(21-17)13-22-8-10-23(11-9-22)18(25)16-3-2-12-26-16/h4-7,16H,2-3,8-13H2,1H3,(H,20,21,28). The molecule has 0 aliphatic carbocycles. The Hall–Kier alpha value is -2.23. The van der Waals surface area contributed by atoms with E-state index in [9.17, 15) is 4.79 Å². The van der Waals surface area contributed by atoms with Gasteiger partial charge in [0.2, 0.25) is 4.77 Å². The summed E-state index contributed by atoms with van der Waals surface area (Å²) < 4.78 is 13.4. The number of aryl methyl sites for hydroxylation is 1. The van der Waals surface area contributed by atoms with Gasteiger partial charge in [-0.2, -0.15) is 4.98 Å². The Balaban J connectivity index is 1.31. The molecule has 9 heteroatoms. The largest absolute Gasteiger partial charge is 0.462 e. The van der Waals surface area contributed by atoms with Crippen LogP contribution in [0.3, 0.4) is 0 Å². The van der Waals surface area contributed by atoms with Crippen molar-refractivity contribution >= 4 is 30.3 Å². The van der Waals surface area contributed by atoms with Gasteiger partial charge in [-0.3, -0.25) is 14.8 Å². The molecule has 0 saturated carbocycles. The number of hydrogen-bond acceptors (Lipinski definition) is 6. The van der Waals surface area contributed by atoms with E-state index in [-0.39, 0.29) is 12.0 Å². The van der Waals surface area contributed by atoms with Crippen LogP contribution in [0.4, 0.5) is 0 Å². The maximum absolute atomic E-state index is 12.4. The zero-order valence-corrected chi connectivity index (χ0v) is 16.8. The van der Waals surface area contributed by atoms with E-state index in [1.807, 2.05) is 40.8 Å². The number of furan rings is 1. The van der Waals surface area contributed by atoms with E-state index in [1.54, 1.807) is 0 Å². The molecule has 2 saturated heterocycles. The summed E-state index contributed by atoms with van der Waals surface area (Å²) in [7, 11) is 0. The molecule has 4 rings (SSSR count). The molecule has 0 radical (unpaired) electrons. The summed E-state index contributed by atoms with van der Waals surface area (Å²) in [6, 6.07) is 3.83. The number of carbonyl (C=O) groups is 1. The van der Waals surface area contributed by atoms with Gasteiger partial charge in [-0.15, -0.1) is 0 Å². The van der Waals surface area contributed by atoms with Gasteiger partial charge < -0.3 is 14.1 Å². The number of rotatable bonds is 5. The van der Waals surface area contributed by atoms with Gasteiger partial charge in [-0.1, -0.05) is 0 Å². The maximum Gasteiger partial charge on any atom is 0.251 e. The number of aromatic amines is 1. The second kappa shape index (κ2) is 8.42. The van der Waals surface area contributed by atoms with Gasteiger partial charge in [-0.25, -0.2) is 4.68 Å². The fourth-order valence-electron chi connectivity index (χ4n) is 3.53. The molecule has 2 aliphatic heterocycles. The highest BCUT2D eigenvalue weighted by Gasteiger charge is 2.30. The van der Waals surface area contributed by atoms with E-state index in [0.717, 1.165) is 37.5 Å². The number of nitrogens with one attached hydrogen (secondary N) is 1. The Morgan fingerprint density at radius 3 is 2.82 bits per heavy atom. The molecule has 4 heterocycles. The maximum atomic E-state index is 12.4. The first-order valence-corrected chi connectivity index (χ1v) is 10.0. The first-order valence-electron chi connectivity index (χ1n) is 9.62. The van der Waals surface area contributed by atoms with Crippen LogP contribution in [-0.4, -0.2) is 69.4 Å². The van der Waals surface area contributed by atoms with E-state index >= 15 is 0 Å². The fourth-order valence-corrected chi connectivity index (χ4v) is 3.74. The van der Waals surface area contributed by atoms with Gasteiger partial charge in [0.05, 0.1) is 6.67 Å². The normalized spacial score (nSPS) is 21.0. The molecule has 0 spiro atoms. The number of ether oxygens (including phenoxy) is 1. The highest BCUT2D eigenvalue weighted by Crippen LogP contribution is 2.16. The summed E-state index contributed by atoms with van der Waals surface area (Å²) in [5, 5.41) is 3.22. The number of carbonyl (C=O) groups excluding carboxylic acids is 1. The van der Waals surface area contributed by atoms with Crippen molar-refractivity contribution in [3.63, 3.8) is 0 Å². The summed E-state index contributed by atoms with van der Waals surface area (Å²) in [5.74, 6) is 2.47. The molecule has 1 amide bonds. The summed E-state index contributed by atoms with van der Waals surface area (Å²) >= 11 is 5.37. The van der Waals surface area contributed by atoms with Crippen LogP contribution in [0, 0.1) is 11.7 Å². The van der Waals surface area contributed by atoms with Gasteiger partial charge in [0.15, 0.2) is 0 Å². The molecule has 28 heavy (non-hydrogen) atoms. The van der Waals surface area contributed by atoms with Crippen molar-refractivity contribution in [1.82, 2.24) is 24.6 Å². The molecule has 150 valence electrons. The molecule has 8 nitrogen and oxygen atoms in total. The number of aromatic nitrogens is 3. The average molecular weight is 404 g/mol. The molecule has 2 aliphatic rings. The summed E-state index contributed by atoms with van der Waals surface area (Å²) in [4.78, 5) is 21.0. The van der Waals surface area contributed by atoms with Crippen LogP contribution >= 0.6 is 12.2 Å². The van der Waals surface area contributed by atoms with E-state index in [4.69, 9.17) is 21.4 Å². The highest BCUT2D eigenvalue weighted by molar-refractivity contribution is 7.71. The Kier molecular flexibility index (Phi) is 5.74. The molecule has 1 unspecified atom stereocenters. The van der Waals surface area contributed by atoms with E-state index in [2.05, 4.69) is 15.0 Å². The predicted octanol–water partition coefficient (Wildman–Crippen LogP) is 2.29. The molecule has 0 aromatic carbocycles. The van der Waals surface area contributed by atoms with Crippen LogP contribution < -0.4 is 0 Å². The van der Waals surface area contributed by atoms with Crippen LogP contribution in [0.2, 0.25) is 0 Å². The molecule has 2 aromatic rings. The first-order chi connectivity index (χ1) is 13.6. The topological polar surface area (TPSA) is 79.5 Å². The van der Waals surface area contributed by atoms with Gasteiger partial charge in [-0.05, 0) is 56.3 Å². The van der Waals surface area contributed by atoms with Crippen molar-refractivity contribution in [3.05, 3.63) is 34.2 Å². The lowest BCUT2D eigenvalue weighted by Crippen LogP contribution is -2.51. The third-order valence-corrected chi connectivity index (χ3v) is 5.41. The molecule has 2 aromatic heterocycles. The van der Waals surface area contributed by atoms with Gasteiger partial charge in [0.25, 0.3) is 5.91 Å². The smallest absolute Gasteiger partial charge is 0.251 e. The third-order valence-electron chi connectivity index (χ3n) is 5.09. The zero-order chi connectivity index (χ0) is 19.5. The van der Waals surface area contributed by atoms with E-state index < -0.39 is 0 Å². The van der Waals surface area contributed by atoms with Crippen LogP contribution in [0.25, 0.3) is 12.2 Å². The third kappa shape index (κ3) is 4.43.